The zero-order valence-corrected chi connectivity index (χ0v) is 11.7. The molecule has 0 radical (unpaired) electrons. The van der Waals surface area contributed by atoms with Crippen molar-refractivity contribution in [3.63, 3.8) is 0 Å². The number of nitrogens with zero attached hydrogens (tertiary/aromatic N) is 1. The normalized spacial score (nSPS) is 11.8. The number of carbonyl (C=O) groups is 1. The van der Waals surface area contributed by atoms with Gasteiger partial charge in [0.05, 0.1) is 21.3 Å². The lowest BCUT2D eigenvalue weighted by molar-refractivity contribution is -0.137. The van der Waals surface area contributed by atoms with Crippen molar-refractivity contribution < 1.29 is 23.1 Å². The molecule has 0 aliphatic carbocycles. The Balaban J connectivity index is 2.03. The molecular weight excluding hydrogens is 315 g/mol. The Labute approximate surface area is 126 Å². The fraction of sp³-hybridized carbons (Fsp3) is 0.0667. The third kappa shape index (κ3) is 2.67. The Bertz CT molecular complexity index is 853. The first kappa shape index (κ1) is 14.5. The fourth-order valence-electron chi connectivity index (χ4n) is 1.98. The second-order valence-corrected chi connectivity index (χ2v) is 5.61. The number of hydrogen-bond donors (Lipinski definition) is 1. The van der Waals surface area contributed by atoms with E-state index in [0.29, 0.717) is 15.3 Å². The smallest absolute Gasteiger partial charge is 0.416 e. The van der Waals surface area contributed by atoms with Gasteiger partial charge in [-0.2, -0.15) is 13.2 Å². The molecular formula is C15H8F3NO2S. The predicted octanol–water partition coefficient (Wildman–Crippen LogP) is 4.68. The van der Waals surface area contributed by atoms with Crippen molar-refractivity contribution in [3.8, 4) is 10.6 Å². The molecule has 3 rings (SSSR count). The third-order valence-electron chi connectivity index (χ3n) is 3.09. The number of hydrogen-bond acceptors (Lipinski definition) is 3. The van der Waals surface area contributed by atoms with Gasteiger partial charge in [0.15, 0.2) is 0 Å². The maximum atomic E-state index is 12.7. The van der Waals surface area contributed by atoms with E-state index in [1.165, 1.54) is 29.5 Å². The monoisotopic (exact) mass is 323 g/mol. The molecule has 22 heavy (non-hydrogen) atoms. The van der Waals surface area contributed by atoms with Crippen LogP contribution in [0, 0.1) is 0 Å². The van der Waals surface area contributed by atoms with Crippen LogP contribution in [-0.4, -0.2) is 16.1 Å². The minimum absolute atomic E-state index is 0.143. The molecule has 0 spiro atoms. The van der Waals surface area contributed by atoms with Crippen molar-refractivity contribution in [2.75, 3.05) is 0 Å². The van der Waals surface area contributed by atoms with Gasteiger partial charge >= 0.3 is 12.1 Å². The minimum atomic E-state index is -4.40. The van der Waals surface area contributed by atoms with E-state index in [4.69, 9.17) is 5.11 Å². The molecule has 7 heteroatoms. The summed E-state index contributed by atoms with van der Waals surface area (Å²) in [5, 5.41) is 9.40. The molecule has 0 aliphatic rings. The molecule has 3 nitrogen and oxygen atoms in total. The van der Waals surface area contributed by atoms with E-state index in [1.54, 1.807) is 12.1 Å². The van der Waals surface area contributed by atoms with Crippen molar-refractivity contribution in [2.24, 2.45) is 0 Å². The largest absolute Gasteiger partial charge is 0.478 e. The fourth-order valence-corrected chi connectivity index (χ4v) is 2.93. The van der Waals surface area contributed by atoms with Crippen LogP contribution in [0.4, 0.5) is 13.2 Å². The summed E-state index contributed by atoms with van der Waals surface area (Å²) in [7, 11) is 0. The van der Waals surface area contributed by atoms with E-state index in [2.05, 4.69) is 4.98 Å². The van der Waals surface area contributed by atoms with Gasteiger partial charge in [0.25, 0.3) is 0 Å². The lowest BCUT2D eigenvalue weighted by atomic mass is 10.1. The molecule has 1 heterocycles. The second-order valence-electron chi connectivity index (χ2n) is 4.58. The SMILES string of the molecule is O=C(O)c1ccc(-c2nc3cc(C(F)(F)F)ccc3s2)cc1. The molecule has 0 unspecified atom stereocenters. The third-order valence-corrected chi connectivity index (χ3v) is 4.18. The number of carboxylic acid groups (broad SMARTS) is 1. The summed E-state index contributed by atoms with van der Waals surface area (Å²) in [4.78, 5) is 15.0. The van der Waals surface area contributed by atoms with Crippen LogP contribution in [-0.2, 0) is 6.18 Å². The highest BCUT2D eigenvalue weighted by molar-refractivity contribution is 7.21. The summed E-state index contributed by atoms with van der Waals surface area (Å²) < 4.78 is 38.7. The molecule has 0 saturated heterocycles. The first-order chi connectivity index (χ1) is 10.3. The molecule has 0 aliphatic heterocycles. The van der Waals surface area contributed by atoms with Crippen molar-refractivity contribution in [1.29, 1.82) is 0 Å². The number of alkyl halides is 3. The molecule has 1 aromatic heterocycles. The number of aromatic carboxylic acids is 1. The number of benzene rings is 2. The average molecular weight is 323 g/mol. The second kappa shape index (κ2) is 5.10. The zero-order valence-electron chi connectivity index (χ0n) is 10.9. The molecule has 0 saturated carbocycles. The lowest BCUT2D eigenvalue weighted by Gasteiger charge is -2.04. The van der Waals surface area contributed by atoms with Crippen molar-refractivity contribution >= 4 is 27.5 Å². The zero-order chi connectivity index (χ0) is 15.9. The van der Waals surface area contributed by atoms with E-state index in [0.717, 1.165) is 12.1 Å². The highest BCUT2D eigenvalue weighted by atomic mass is 32.1. The first-order valence-electron chi connectivity index (χ1n) is 6.16. The average Bonchev–Trinajstić information content (AvgIpc) is 2.89. The van der Waals surface area contributed by atoms with Crippen molar-refractivity contribution in [3.05, 3.63) is 53.6 Å². The number of rotatable bonds is 2. The van der Waals surface area contributed by atoms with E-state index in [1.807, 2.05) is 0 Å². The summed E-state index contributed by atoms with van der Waals surface area (Å²) in [6.07, 6.45) is -4.40. The maximum absolute atomic E-state index is 12.7. The summed E-state index contributed by atoms with van der Waals surface area (Å²) in [5.74, 6) is -1.04. The van der Waals surface area contributed by atoms with Gasteiger partial charge in [-0.25, -0.2) is 9.78 Å². The Morgan fingerprint density at radius 2 is 1.77 bits per heavy atom. The van der Waals surface area contributed by atoms with Gasteiger partial charge in [0, 0.05) is 5.56 Å². The van der Waals surface area contributed by atoms with Crippen molar-refractivity contribution in [1.82, 2.24) is 4.98 Å². The summed E-state index contributed by atoms with van der Waals surface area (Å²) in [5.41, 5.74) is 0.346. The Kier molecular flexibility index (Phi) is 3.37. The number of aromatic nitrogens is 1. The summed E-state index contributed by atoms with van der Waals surface area (Å²) in [6, 6.07) is 9.48. The van der Waals surface area contributed by atoms with Gasteiger partial charge in [0.2, 0.25) is 0 Å². The minimum Gasteiger partial charge on any atom is -0.478 e. The number of halogens is 3. The predicted molar refractivity (Wildman–Crippen MR) is 77.0 cm³/mol. The Morgan fingerprint density at radius 3 is 2.36 bits per heavy atom. The van der Waals surface area contributed by atoms with Gasteiger partial charge in [-0.05, 0) is 30.3 Å². The van der Waals surface area contributed by atoms with Crippen LogP contribution in [0.2, 0.25) is 0 Å². The standard InChI is InChI=1S/C15H8F3NO2S/c16-15(17,18)10-5-6-12-11(7-10)19-13(22-12)8-1-3-9(4-2-8)14(20)21/h1-7H,(H,20,21). The number of thiazole rings is 1. The van der Waals surface area contributed by atoms with Crippen LogP contribution in [0.5, 0.6) is 0 Å². The van der Waals surface area contributed by atoms with E-state index < -0.39 is 17.7 Å². The van der Waals surface area contributed by atoms with Gasteiger partial charge in [-0.3, -0.25) is 0 Å². The number of fused-ring (bicyclic) bond motifs is 1. The molecule has 0 amide bonds. The van der Waals surface area contributed by atoms with Crippen LogP contribution < -0.4 is 0 Å². The summed E-state index contributed by atoms with van der Waals surface area (Å²) >= 11 is 1.26. The molecule has 1 N–H and O–H groups in total. The summed E-state index contributed by atoms with van der Waals surface area (Å²) in [6.45, 7) is 0. The van der Waals surface area contributed by atoms with Gasteiger partial charge in [0.1, 0.15) is 5.01 Å². The van der Waals surface area contributed by atoms with E-state index in [-0.39, 0.29) is 11.1 Å². The number of carboxylic acids is 1. The van der Waals surface area contributed by atoms with Gasteiger partial charge < -0.3 is 5.11 Å². The highest BCUT2D eigenvalue weighted by Gasteiger charge is 2.30. The van der Waals surface area contributed by atoms with Crippen LogP contribution in [0.25, 0.3) is 20.8 Å². The van der Waals surface area contributed by atoms with Crippen LogP contribution in [0.1, 0.15) is 15.9 Å². The Hall–Kier alpha value is -2.41. The maximum Gasteiger partial charge on any atom is 0.416 e. The van der Waals surface area contributed by atoms with Crippen LogP contribution in [0.15, 0.2) is 42.5 Å². The topological polar surface area (TPSA) is 50.2 Å². The van der Waals surface area contributed by atoms with Gasteiger partial charge in [-0.1, -0.05) is 12.1 Å². The highest BCUT2D eigenvalue weighted by Crippen LogP contribution is 2.35. The van der Waals surface area contributed by atoms with E-state index in [9.17, 15) is 18.0 Å². The first-order valence-corrected chi connectivity index (χ1v) is 6.98. The van der Waals surface area contributed by atoms with Crippen molar-refractivity contribution in [2.45, 2.75) is 6.18 Å². The molecule has 3 aromatic rings. The molecule has 0 atom stereocenters. The molecule has 0 fully saturated rings. The lowest BCUT2D eigenvalue weighted by Crippen LogP contribution is -2.03. The Morgan fingerprint density at radius 1 is 1.09 bits per heavy atom. The molecule has 112 valence electrons. The van der Waals surface area contributed by atoms with Crippen LogP contribution >= 0.6 is 11.3 Å². The quantitative estimate of drug-likeness (QED) is 0.745. The van der Waals surface area contributed by atoms with Crippen LogP contribution in [0.3, 0.4) is 0 Å². The molecule has 0 bridgehead atoms. The van der Waals surface area contributed by atoms with E-state index >= 15 is 0 Å². The molecule has 2 aromatic carbocycles. The van der Waals surface area contributed by atoms with Gasteiger partial charge in [-0.15, -0.1) is 11.3 Å².